The van der Waals surface area contributed by atoms with Crippen molar-refractivity contribution in [1.82, 2.24) is 10.6 Å². The van der Waals surface area contributed by atoms with Crippen LogP contribution in [-0.4, -0.2) is 42.7 Å². The molecule has 0 aromatic heterocycles. The van der Waals surface area contributed by atoms with Crippen LogP contribution >= 0.6 is 11.8 Å². The number of esters is 1. The van der Waals surface area contributed by atoms with Crippen molar-refractivity contribution < 1.29 is 14.3 Å². The molecule has 0 spiro atoms. The van der Waals surface area contributed by atoms with Crippen LogP contribution in [-0.2, 0) is 9.53 Å². The van der Waals surface area contributed by atoms with E-state index >= 15 is 0 Å². The largest absolute Gasteiger partial charge is 0.465 e. The maximum absolute atomic E-state index is 11.3. The van der Waals surface area contributed by atoms with Crippen LogP contribution in [0, 0.1) is 0 Å². The summed E-state index contributed by atoms with van der Waals surface area (Å²) in [6.45, 7) is 2.64. The van der Waals surface area contributed by atoms with E-state index in [1.807, 2.05) is 6.26 Å². The Kier molecular flexibility index (Phi) is 4.92. The zero-order valence-corrected chi connectivity index (χ0v) is 10.5. The third-order valence-corrected chi connectivity index (χ3v) is 3.93. The Labute approximate surface area is 99.7 Å². The molecule has 0 heterocycles. The molecule has 1 aliphatic rings. The normalized spacial score (nSPS) is 16.4. The molecule has 0 radical (unpaired) electrons. The van der Waals surface area contributed by atoms with Gasteiger partial charge in [-0.05, 0) is 26.0 Å². The second kappa shape index (κ2) is 5.98. The average Bonchev–Trinajstić information content (AvgIpc) is 3.05. The van der Waals surface area contributed by atoms with Crippen LogP contribution in [0.3, 0.4) is 0 Å². The van der Waals surface area contributed by atoms with E-state index in [-0.39, 0.29) is 17.3 Å². The van der Waals surface area contributed by atoms with Crippen molar-refractivity contribution in [3.05, 3.63) is 0 Å². The molecule has 1 fully saturated rings. The van der Waals surface area contributed by atoms with Gasteiger partial charge in [0.05, 0.1) is 6.61 Å². The van der Waals surface area contributed by atoms with Crippen LogP contribution in [0.1, 0.15) is 19.8 Å². The Morgan fingerprint density at radius 1 is 1.38 bits per heavy atom. The Morgan fingerprint density at radius 2 is 2.06 bits per heavy atom. The molecule has 0 aromatic rings. The van der Waals surface area contributed by atoms with Crippen LogP contribution < -0.4 is 10.6 Å². The van der Waals surface area contributed by atoms with E-state index in [1.165, 1.54) is 0 Å². The number of hydrogen-bond donors (Lipinski definition) is 2. The summed E-state index contributed by atoms with van der Waals surface area (Å²) in [6, 6.07) is -0.312. The monoisotopic (exact) mass is 246 g/mol. The van der Waals surface area contributed by atoms with Gasteiger partial charge >= 0.3 is 12.0 Å². The van der Waals surface area contributed by atoms with Gasteiger partial charge in [0.15, 0.2) is 0 Å². The minimum atomic E-state index is -0.413. The van der Waals surface area contributed by atoms with Crippen LogP contribution in [0.25, 0.3) is 0 Å². The number of urea groups is 1. The fraction of sp³-hybridized carbons (Fsp3) is 0.800. The molecule has 1 aliphatic carbocycles. The molecule has 0 aliphatic heterocycles. The van der Waals surface area contributed by atoms with Gasteiger partial charge in [-0.25, -0.2) is 4.79 Å². The van der Waals surface area contributed by atoms with Crippen molar-refractivity contribution in [2.24, 2.45) is 0 Å². The Bertz CT molecular complexity index is 267. The van der Waals surface area contributed by atoms with Gasteiger partial charge in [-0.2, -0.15) is 11.8 Å². The van der Waals surface area contributed by atoms with Crippen molar-refractivity contribution in [1.29, 1.82) is 0 Å². The molecule has 0 bridgehead atoms. The summed E-state index contributed by atoms with van der Waals surface area (Å²) in [5.74, 6) is -0.413. The maximum Gasteiger partial charge on any atom is 0.325 e. The summed E-state index contributed by atoms with van der Waals surface area (Å²) in [4.78, 5) is 22.3. The number of thioether (sulfide) groups is 1. The highest BCUT2D eigenvalue weighted by Crippen LogP contribution is 2.46. The number of hydrogen-bond acceptors (Lipinski definition) is 4. The standard InChI is InChI=1S/C10H18N2O3S/c1-3-15-8(13)6-11-9(14)12-7-10(16-2)4-5-10/h3-7H2,1-2H3,(H2,11,12,14). The summed E-state index contributed by atoms with van der Waals surface area (Å²) < 4.78 is 4.92. The third kappa shape index (κ3) is 4.30. The first-order valence-corrected chi connectivity index (χ1v) is 6.57. The van der Waals surface area contributed by atoms with Crippen LogP contribution in [0.15, 0.2) is 0 Å². The maximum atomic E-state index is 11.3. The van der Waals surface area contributed by atoms with Gasteiger partial charge in [0.1, 0.15) is 6.54 Å². The van der Waals surface area contributed by atoms with E-state index in [1.54, 1.807) is 18.7 Å². The lowest BCUT2D eigenvalue weighted by Crippen LogP contribution is -2.42. The minimum absolute atomic E-state index is 0.0774. The Morgan fingerprint density at radius 3 is 2.56 bits per heavy atom. The van der Waals surface area contributed by atoms with Crippen molar-refractivity contribution >= 4 is 23.8 Å². The van der Waals surface area contributed by atoms with Gasteiger partial charge < -0.3 is 15.4 Å². The molecule has 1 rings (SSSR count). The van der Waals surface area contributed by atoms with E-state index in [0.29, 0.717) is 13.2 Å². The molecule has 2 amide bonds. The quantitative estimate of drug-likeness (QED) is 0.678. The van der Waals surface area contributed by atoms with Crippen molar-refractivity contribution in [2.75, 3.05) is 26.0 Å². The topological polar surface area (TPSA) is 67.4 Å². The van der Waals surface area contributed by atoms with Crippen LogP contribution in [0.5, 0.6) is 0 Å². The molecule has 0 aromatic carbocycles. The fourth-order valence-corrected chi connectivity index (χ4v) is 1.99. The highest BCUT2D eigenvalue weighted by atomic mass is 32.2. The van der Waals surface area contributed by atoms with Crippen molar-refractivity contribution in [2.45, 2.75) is 24.5 Å². The third-order valence-electron chi connectivity index (χ3n) is 2.51. The van der Waals surface area contributed by atoms with Gasteiger partial charge in [-0.1, -0.05) is 0 Å². The number of carbonyl (C=O) groups is 2. The molecule has 16 heavy (non-hydrogen) atoms. The molecular weight excluding hydrogens is 228 g/mol. The molecule has 1 saturated carbocycles. The van der Waals surface area contributed by atoms with E-state index < -0.39 is 5.97 Å². The van der Waals surface area contributed by atoms with Gasteiger partial charge in [-0.3, -0.25) is 4.79 Å². The average molecular weight is 246 g/mol. The second-order valence-corrected chi connectivity index (χ2v) is 5.00. The second-order valence-electron chi connectivity index (χ2n) is 3.73. The van der Waals surface area contributed by atoms with Gasteiger partial charge in [0.2, 0.25) is 0 Å². The lowest BCUT2D eigenvalue weighted by molar-refractivity contribution is -0.141. The predicted molar refractivity (Wildman–Crippen MR) is 63.5 cm³/mol. The number of carbonyl (C=O) groups excluding carboxylic acids is 2. The van der Waals surface area contributed by atoms with Crippen LogP contribution in [0.2, 0.25) is 0 Å². The lowest BCUT2D eigenvalue weighted by atomic mass is 10.4. The summed E-state index contributed by atoms with van der Waals surface area (Å²) in [5, 5.41) is 5.21. The lowest BCUT2D eigenvalue weighted by Gasteiger charge is -2.13. The minimum Gasteiger partial charge on any atom is -0.465 e. The molecule has 5 nitrogen and oxygen atoms in total. The van der Waals surface area contributed by atoms with Crippen molar-refractivity contribution in [3.8, 4) is 0 Å². The highest BCUT2D eigenvalue weighted by molar-refractivity contribution is 8.00. The summed E-state index contributed by atoms with van der Waals surface area (Å²) in [5.41, 5.74) is 0. The predicted octanol–water partition coefficient (Wildman–Crippen LogP) is 0.744. The zero-order valence-electron chi connectivity index (χ0n) is 9.67. The molecule has 0 atom stereocenters. The van der Waals surface area contributed by atoms with Gasteiger partial charge in [0, 0.05) is 11.3 Å². The van der Waals surface area contributed by atoms with E-state index in [0.717, 1.165) is 12.8 Å². The number of nitrogens with one attached hydrogen (secondary N) is 2. The first-order chi connectivity index (χ1) is 7.62. The van der Waals surface area contributed by atoms with E-state index in [9.17, 15) is 9.59 Å². The first-order valence-electron chi connectivity index (χ1n) is 5.34. The van der Waals surface area contributed by atoms with Crippen molar-refractivity contribution in [3.63, 3.8) is 0 Å². The molecule has 0 unspecified atom stereocenters. The summed E-state index contributed by atoms with van der Waals surface area (Å²) in [6.07, 6.45) is 4.34. The first kappa shape index (κ1) is 13.2. The summed E-state index contributed by atoms with van der Waals surface area (Å²) in [7, 11) is 0. The number of rotatable bonds is 6. The van der Waals surface area contributed by atoms with Gasteiger partial charge in [-0.15, -0.1) is 0 Å². The van der Waals surface area contributed by atoms with Gasteiger partial charge in [0.25, 0.3) is 0 Å². The molecule has 6 heteroatoms. The molecule has 0 saturated heterocycles. The number of amides is 2. The SMILES string of the molecule is CCOC(=O)CNC(=O)NCC1(SC)CC1. The van der Waals surface area contributed by atoms with E-state index in [4.69, 9.17) is 0 Å². The molecular formula is C10H18N2O3S. The summed E-state index contributed by atoms with van der Waals surface area (Å²) >= 11 is 1.78. The Balaban J connectivity index is 2.09. The molecule has 92 valence electrons. The number of ether oxygens (including phenoxy) is 1. The molecule has 2 N–H and O–H groups in total. The fourth-order valence-electron chi connectivity index (χ4n) is 1.26. The van der Waals surface area contributed by atoms with Crippen LogP contribution in [0.4, 0.5) is 4.79 Å². The van der Waals surface area contributed by atoms with E-state index in [2.05, 4.69) is 15.4 Å². The Hall–Kier alpha value is -0.910. The zero-order chi connectivity index (χ0) is 12.0. The highest BCUT2D eigenvalue weighted by Gasteiger charge is 2.41. The smallest absolute Gasteiger partial charge is 0.325 e.